The van der Waals surface area contributed by atoms with Crippen LogP contribution >= 0.6 is 0 Å². The standard InChI is InChI=1S/C32H40N8O3/c1-21(11-34-22(2)41-5)15-39-25-8-26(39)17-38(16-25)30-7-6-23(12-35-30)29-9-27(18-40-31(29)24(10-33)13-37-40)42-19-28-14-36-32(3,4)20-43-28/h6-7,9,11-13,18,25-26,28,36H,8,14-17,19-20H2,1-5H3/b21-11+,34-22+/t25?,26?,28-/m0/s1. The molecule has 43 heavy (non-hydrogen) atoms. The number of aliphatic imine (C=N–C) groups is 1. The topological polar surface area (TPSA) is 113 Å². The van der Waals surface area contributed by atoms with Gasteiger partial charge in [0, 0.05) is 74.2 Å². The highest BCUT2D eigenvalue weighted by molar-refractivity contribution is 5.85. The van der Waals surface area contributed by atoms with Crippen LogP contribution < -0.4 is 15.0 Å². The number of piperidine rings is 1. The second-order valence-electron chi connectivity index (χ2n) is 12.4. The highest BCUT2D eigenvalue weighted by Gasteiger charge is 2.44. The number of nitriles is 1. The largest absolute Gasteiger partial charge is 0.489 e. The van der Waals surface area contributed by atoms with Crippen LogP contribution in [0.3, 0.4) is 0 Å². The van der Waals surface area contributed by atoms with E-state index in [4.69, 9.17) is 19.2 Å². The molecule has 0 spiro atoms. The molecule has 0 radical (unpaired) electrons. The predicted molar refractivity (Wildman–Crippen MR) is 165 cm³/mol. The van der Waals surface area contributed by atoms with Gasteiger partial charge in [-0.1, -0.05) is 0 Å². The molecule has 0 aliphatic carbocycles. The lowest BCUT2D eigenvalue weighted by Gasteiger charge is -2.56. The summed E-state index contributed by atoms with van der Waals surface area (Å²) in [6.07, 6.45) is 8.37. The molecule has 7 heterocycles. The summed E-state index contributed by atoms with van der Waals surface area (Å²) in [5.74, 6) is 2.29. The van der Waals surface area contributed by atoms with Crippen LogP contribution in [0.15, 0.2) is 53.6 Å². The van der Waals surface area contributed by atoms with Crippen molar-refractivity contribution in [2.75, 3.05) is 51.4 Å². The van der Waals surface area contributed by atoms with E-state index < -0.39 is 0 Å². The number of nitrogens with one attached hydrogen (secondary N) is 1. The molecule has 4 saturated heterocycles. The summed E-state index contributed by atoms with van der Waals surface area (Å²) in [5.41, 5.74) is 4.21. The van der Waals surface area contributed by atoms with E-state index in [2.05, 4.69) is 64.2 Å². The summed E-state index contributed by atoms with van der Waals surface area (Å²) < 4.78 is 19.0. The molecule has 3 atom stereocenters. The van der Waals surface area contributed by atoms with E-state index in [0.717, 1.165) is 48.6 Å². The molecule has 2 bridgehead atoms. The van der Waals surface area contributed by atoms with Gasteiger partial charge >= 0.3 is 0 Å². The van der Waals surface area contributed by atoms with E-state index in [1.807, 2.05) is 31.6 Å². The Morgan fingerprint density at radius 1 is 1.26 bits per heavy atom. The SMILES string of the molecule is CO/C(C)=N/C=C(\C)CN1C2CC1CN(c1ccc(-c3cc(OC[C@@H]4CNC(C)(C)CO4)cn4ncc(C#N)c34)cn1)C2. The molecule has 3 aromatic heterocycles. The van der Waals surface area contributed by atoms with Gasteiger partial charge in [-0.25, -0.2) is 14.5 Å². The van der Waals surface area contributed by atoms with Gasteiger partial charge in [0.25, 0.3) is 0 Å². The average molecular weight is 585 g/mol. The lowest BCUT2D eigenvalue weighted by Crippen LogP contribution is -2.69. The van der Waals surface area contributed by atoms with Crippen LogP contribution in [0, 0.1) is 11.3 Å². The molecule has 11 heteroatoms. The van der Waals surface area contributed by atoms with Gasteiger partial charge in [0.05, 0.1) is 37.2 Å². The third kappa shape index (κ3) is 6.22. The van der Waals surface area contributed by atoms with Crippen LogP contribution in [0.5, 0.6) is 5.75 Å². The van der Waals surface area contributed by atoms with Crippen molar-refractivity contribution in [1.82, 2.24) is 24.8 Å². The van der Waals surface area contributed by atoms with Crippen LogP contribution in [-0.2, 0) is 9.47 Å². The Labute approximate surface area is 252 Å². The third-order valence-corrected chi connectivity index (χ3v) is 8.55. The van der Waals surface area contributed by atoms with E-state index in [1.165, 1.54) is 12.0 Å². The smallest absolute Gasteiger partial charge is 0.184 e. The minimum atomic E-state index is -0.0413. The predicted octanol–water partition coefficient (Wildman–Crippen LogP) is 3.65. The normalized spacial score (nSPS) is 24.0. The lowest BCUT2D eigenvalue weighted by atomic mass is 9.87. The maximum absolute atomic E-state index is 9.77. The summed E-state index contributed by atoms with van der Waals surface area (Å²) in [7, 11) is 1.64. The minimum absolute atomic E-state index is 0.0340. The molecule has 7 rings (SSSR count). The summed E-state index contributed by atoms with van der Waals surface area (Å²) in [6, 6.07) is 9.40. The molecule has 11 nitrogen and oxygen atoms in total. The quantitative estimate of drug-likeness (QED) is 0.313. The highest BCUT2D eigenvalue weighted by Crippen LogP contribution is 2.36. The molecule has 4 fully saturated rings. The van der Waals surface area contributed by atoms with E-state index in [0.29, 0.717) is 42.5 Å². The zero-order valence-corrected chi connectivity index (χ0v) is 25.6. The maximum atomic E-state index is 9.77. The fourth-order valence-electron chi connectivity index (χ4n) is 6.05. The number of pyridine rings is 2. The zero-order chi connectivity index (χ0) is 30.1. The fourth-order valence-corrected chi connectivity index (χ4v) is 6.05. The van der Waals surface area contributed by atoms with Crippen LogP contribution in [-0.4, -0.2) is 95.6 Å². The number of fused-ring (bicyclic) bond motifs is 3. The Kier molecular flexibility index (Phi) is 8.09. The van der Waals surface area contributed by atoms with Gasteiger partial charge in [-0.15, -0.1) is 0 Å². The van der Waals surface area contributed by atoms with E-state index in [1.54, 1.807) is 17.8 Å². The van der Waals surface area contributed by atoms with Crippen molar-refractivity contribution in [3.63, 3.8) is 0 Å². The molecule has 4 aliphatic rings. The number of rotatable bonds is 8. The molecular formula is C32H40N8O3. The maximum Gasteiger partial charge on any atom is 0.184 e. The van der Waals surface area contributed by atoms with Crippen molar-refractivity contribution in [2.45, 2.75) is 57.8 Å². The van der Waals surface area contributed by atoms with Gasteiger partial charge in [-0.2, -0.15) is 10.4 Å². The molecule has 226 valence electrons. The number of morpholine rings is 1. The molecule has 3 aromatic rings. The Balaban J connectivity index is 1.15. The van der Waals surface area contributed by atoms with E-state index in [9.17, 15) is 5.26 Å². The number of anilines is 1. The molecular weight excluding hydrogens is 544 g/mol. The van der Waals surface area contributed by atoms with Crippen molar-refractivity contribution < 1.29 is 14.2 Å². The minimum Gasteiger partial charge on any atom is -0.489 e. The number of nitrogens with zero attached hydrogens (tertiary/aromatic N) is 7. The molecule has 1 N–H and O–H groups in total. The molecule has 0 aromatic carbocycles. The first-order chi connectivity index (χ1) is 20.7. The van der Waals surface area contributed by atoms with E-state index in [-0.39, 0.29) is 11.6 Å². The summed E-state index contributed by atoms with van der Waals surface area (Å²) in [5, 5.41) is 17.7. The number of hydrogen-bond donors (Lipinski definition) is 1. The van der Waals surface area contributed by atoms with Crippen molar-refractivity contribution >= 4 is 17.2 Å². The summed E-state index contributed by atoms with van der Waals surface area (Å²) in [4.78, 5) is 14.2. The Morgan fingerprint density at radius 3 is 2.74 bits per heavy atom. The first-order valence-corrected chi connectivity index (χ1v) is 14.8. The number of ether oxygens (including phenoxy) is 3. The molecule has 2 unspecified atom stereocenters. The average Bonchev–Trinajstić information content (AvgIpc) is 3.45. The summed E-state index contributed by atoms with van der Waals surface area (Å²) >= 11 is 0. The van der Waals surface area contributed by atoms with Crippen molar-refractivity contribution in [1.29, 1.82) is 5.26 Å². The van der Waals surface area contributed by atoms with Crippen molar-refractivity contribution in [3.8, 4) is 22.9 Å². The number of piperazine rings is 1. The third-order valence-electron chi connectivity index (χ3n) is 8.55. The van der Waals surface area contributed by atoms with Crippen LogP contribution in [0.2, 0.25) is 0 Å². The number of methoxy groups -OCH3 is 1. The first-order valence-electron chi connectivity index (χ1n) is 14.8. The molecule has 0 saturated carbocycles. The zero-order valence-electron chi connectivity index (χ0n) is 25.6. The lowest BCUT2D eigenvalue weighted by molar-refractivity contribution is -0.0412. The van der Waals surface area contributed by atoms with Gasteiger partial charge < -0.3 is 24.4 Å². The van der Waals surface area contributed by atoms with Crippen molar-refractivity contribution in [3.05, 3.63) is 54.1 Å². The van der Waals surface area contributed by atoms with Gasteiger partial charge in [0.2, 0.25) is 0 Å². The van der Waals surface area contributed by atoms with Crippen LogP contribution in [0.25, 0.3) is 16.6 Å². The monoisotopic (exact) mass is 584 g/mol. The van der Waals surface area contributed by atoms with Gasteiger partial charge in [-0.05, 0) is 51.0 Å². The highest BCUT2D eigenvalue weighted by atomic mass is 16.5. The number of aromatic nitrogens is 3. The molecule has 4 aliphatic heterocycles. The molecule has 0 amide bonds. The fraction of sp³-hybridized carbons (Fsp3) is 0.500. The number of hydrogen-bond acceptors (Lipinski definition) is 10. The Morgan fingerprint density at radius 2 is 2.07 bits per heavy atom. The van der Waals surface area contributed by atoms with Gasteiger partial charge in [0.1, 0.15) is 30.3 Å². The van der Waals surface area contributed by atoms with Gasteiger partial charge in [-0.3, -0.25) is 4.90 Å². The second kappa shape index (κ2) is 12.0. The Bertz CT molecular complexity index is 1550. The Hall–Kier alpha value is -3.98. The van der Waals surface area contributed by atoms with Crippen LogP contribution in [0.1, 0.15) is 39.7 Å². The van der Waals surface area contributed by atoms with Gasteiger partial charge in [0.15, 0.2) is 5.90 Å². The first kappa shape index (κ1) is 29.1. The van der Waals surface area contributed by atoms with E-state index >= 15 is 0 Å². The summed E-state index contributed by atoms with van der Waals surface area (Å²) in [6.45, 7) is 12.8. The second-order valence-corrected chi connectivity index (χ2v) is 12.4. The van der Waals surface area contributed by atoms with Crippen molar-refractivity contribution in [2.24, 2.45) is 4.99 Å². The van der Waals surface area contributed by atoms with Crippen LogP contribution in [0.4, 0.5) is 5.82 Å².